The Kier molecular flexibility index (Phi) is 2.75. The summed E-state index contributed by atoms with van der Waals surface area (Å²) in [6.07, 6.45) is 0. The summed E-state index contributed by atoms with van der Waals surface area (Å²) in [5, 5.41) is 9.26. The highest BCUT2D eigenvalue weighted by molar-refractivity contribution is 6.00. The molecule has 0 bridgehead atoms. The summed E-state index contributed by atoms with van der Waals surface area (Å²) in [5.74, 6) is 0. The van der Waals surface area contributed by atoms with Crippen molar-refractivity contribution >= 4 is 16.9 Å². The number of allylic oxidation sites excluding steroid dienone is 1. The number of fused-ring (bicyclic) bond motifs is 2. The van der Waals surface area contributed by atoms with E-state index in [1.54, 1.807) is 0 Å². The van der Waals surface area contributed by atoms with Crippen LogP contribution >= 0.6 is 0 Å². The number of rotatable bonds is 0. The van der Waals surface area contributed by atoms with Crippen molar-refractivity contribution in [3.05, 3.63) is 76.8 Å². The van der Waals surface area contributed by atoms with Gasteiger partial charge < -0.3 is 4.90 Å². The van der Waals surface area contributed by atoms with Crippen LogP contribution in [-0.2, 0) is 0 Å². The van der Waals surface area contributed by atoms with Crippen molar-refractivity contribution in [2.75, 3.05) is 11.9 Å². The lowest BCUT2D eigenvalue weighted by molar-refractivity contribution is 1.17. The lowest BCUT2D eigenvalue weighted by Crippen LogP contribution is -2.18. The fourth-order valence-electron chi connectivity index (χ4n) is 2.62. The predicted molar refractivity (Wildman–Crippen MR) is 79.2 cm³/mol. The SMILES string of the molecule is [C-]#[N+]C(C#N)=C1c2ccccc2N(C)c2ccccc21. The molecule has 2 aromatic rings. The molecule has 3 rings (SSSR count). The largest absolute Gasteiger partial charge is 0.344 e. The van der Waals surface area contributed by atoms with Gasteiger partial charge in [0.05, 0.1) is 12.6 Å². The highest BCUT2D eigenvalue weighted by Crippen LogP contribution is 2.45. The monoisotopic (exact) mass is 257 g/mol. The lowest BCUT2D eigenvalue weighted by atomic mass is 9.89. The Labute approximate surface area is 117 Å². The summed E-state index contributed by atoms with van der Waals surface area (Å²) < 4.78 is 0. The normalized spacial score (nSPS) is 11.9. The Bertz CT molecular complexity index is 738. The molecule has 0 radical (unpaired) electrons. The van der Waals surface area contributed by atoms with E-state index in [9.17, 15) is 5.26 Å². The minimum atomic E-state index is 0.137. The summed E-state index contributed by atoms with van der Waals surface area (Å²) in [6, 6.07) is 17.7. The van der Waals surface area contributed by atoms with Crippen LogP contribution in [0.15, 0.2) is 54.2 Å². The van der Waals surface area contributed by atoms with Crippen molar-refractivity contribution in [3.8, 4) is 6.07 Å². The van der Waals surface area contributed by atoms with E-state index in [0.717, 1.165) is 28.1 Å². The molecule has 20 heavy (non-hydrogen) atoms. The summed E-state index contributed by atoms with van der Waals surface area (Å²) in [6.45, 7) is 7.26. The standard InChI is InChI=1S/C17H11N3/c1-19-14(11-18)17-12-7-3-5-9-15(12)20(2)16-10-6-4-8-13(16)17/h3-10H,2H3. The number of benzene rings is 2. The van der Waals surface area contributed by atoms with Crippen LogP contribution in [0.5, 0.6) is 0 Å². The number of hydrogen-bond acceptors (Lipinski definition) is 2. The Balaban J connectivity index is 2.44. The molecular weight excluding hydrogens is 246 g/mol. The number of para-hydroxylation sites is 2. The molecule has 1 aliphatic rings. The van der Waals surface area contributed by atoms with E-state index in [1.165, 1.54) is 0 Å². The summed E-state index contributed by atoms with van der Waals surface area (Å²) in [5.41, 5.74) is 4.75. The molecule has 94 valence electrons. The fourth-order valence-corrected chi connectivity index (χ4v) is 2.62. The zero-order chi connectivity index (χ0) is 14.1. The van der Waals surface area contributed by atoms with Gasteiger partial charge in [-0.05, 0) is 23.3 Å². The van der Waals surface area contributed by atoms with Gasteiger partial charge in [0, 0.05) is 24.0 Å². The van der Waals surface area contributed by atoms with E-state index in [0.29, 0.717) is 0 Å². The van der Waals surface area contributed by atoms with Crippen molar-refractivity contribution in [3.63, 3.8) is 0 Å². The van der Waals surface area contributed by atoms with E-state index >= 15 is 0 Å². The van der Waals surface area contributed by atoms with Gasteiger partial charge in [-0.1, -0.05) is 36.4 Å². The highest BCUT2D eigenvalue weighted by Gasteiger charge is 2.25. The molecule has 1 aliphatic heterocycles. The van der Waals surface area contributed by atoms with Gasteiger partial charge in [0.15, 0.2) is 0 Å². The average molecular weight is 257 g/mol. The zero-order valence-corrected chi connectivity index (χ0v) is 11.0. The van der Waals surface area contributed by atoms with E-state index < -0.39 is 0 Å². The van der Waals surface area contributed by atoms with Gasteiger partial charge in [-0.3, -0.25) is 0 Å². The van der Waals surface area contributed by atoms with Crippen LogP contribution in [0.25, 0.3) is 10.4 Å². The number of hydrogen-bond donors (Lipinski definition) is 0. The second kappa shape index (κ2) is 4.57. The molecule has 0 atom stereocenters. The van der Waals surface area contributed by atoms with Gasteiger partial charge in [-0.15, -0.1) is 0 Å². The van der Waals surface area contributed by atoms with Crippen molar-refractivity contribution in [1.82, 2.24) is 0 Å². The predicted octanol–water partition coefficient (Wildman–Crippen LogP) is 3.97. The maximum Gasteiger partial charge on any atom is 0.270 e. The van der Waals surface area contributed by atoms with Crippen LogP contribution in [0.1, 0.15) is 11.1 Å². The van der Waals surface area contributed by atoms with Crippen molar-refractivity contribution in [1.29, 1.82) is 5.26 Å². The Morgan fingerprint density at radius 2 is 1.55 bits per heavy atom. The van der Waals surface area contributed by atoms with E-state index in [1.807, 2.05) is 61.6 Å². The molecule has 0 spiro atoms. The Hall–Kier alpha value is -3.04. The molecule has 0 unspecified atom stereocenters. The van der Waals surface area contributed by atoms with Crippen LogP contribution in [0.2, 0.25) is 0 Å². The smallest absolute Gasteiger partial charge is 0.270 e. The van der Waals surface area contributed by atoms with Crippen LogP contribution in [0.4, 0.5) is 11.4 Å². The van der Waals surface area contributed by atoms with E-state index in [-0.39, 0.29) is 5.70 Å². The third-order valence-corrected chi connectivity index (χ3v) is 3.52. The number of anilines is 2. The van der Waals surface area contributed by atoms with Gasteiger partial charge in [0.1, 0.15) is 0 Å². The zero-order valence-electron chi connectivity index (χ0n) is 11.0. The van der Waals surface area contributed by atoms with Gasteiger partial charge in [-0.25, -0.2) is 10.1 Å². The van der Waals surface area contributed by atoms with Gasteiger partial charge in [-0.2, -0.15) is 0 Å². The van der Waals surface area contributed by atoms with Gasteiger partial charge >= 0.3 is 0 Å². The summed E-state index contributed by atoms with van der Waals surface area (Å²) in [4.78, 5) is 5.49. The van der Waals surface area contributed by atoms with E-state index in [2.05, 4.69) is 9.74 Å². The lowest BCUT2D eigenvalue weighted by Gasteiger charge is -2.31. The molecule has 2 aromatic carbocycles. The number of nitriles is 1. The minimum Gasteiger partial charge on any atom is -0.344 e. The molecule has 0 saturated carbocycles. The first-order chi connectivity index (χ1) is 9.77. The van der Waals surface area contributed by atoms with Crippen LogP contribution < -0.4 is 4.90 Å². The first-order valence-corrected chi connectivity index (χ1v) is 6.22. The van der Waals surface area contributed by atoms with Crippen molar-refractivity contribution < 1.29 is 0 Å². The first kappa shape index (κ1) is 12.0. The Morgan fingerprint density at radius 3 is 2.00 bits per heavy atom. The molecular formula is C17H11N3. The molecule has 3 nitrogen and oxygen atoms in total. The number of nitrogens with zero attached hydrogens (tertiary/aromatic N) is 3. The van der Waals surface area contributed by atoms with Crippen LogP contribution in [0, 0.1) is 17.9 Å². The highest BCUT2D eigenvalue weighted by atomic mass is 15.1. The topological polar surface area (TPSA) is 31.4 Å². The second-order valence-corrected chi connectivity index (χ2v) is 4.54. The minimum absolute atomic E-state index is 0.137. The summed E-state index contributed by atoms with van der Waals surface area (Å²) >= 11 is 0. The maximum atomic E-state index is 9.26. The molecule has 1 heterocycles. The van der Waals surface area contributed by atoms with Crippen molar-refractivity contribution in [2.45, 2.75) is 0 Å². The van der Waals surface area contributed by atoms with Crippen LogP contribution in [0.3, 0.4) is 0 Å². The Morgan fingerprint density at radius 1 is 1.05 bits per heavy atom. The molecule has 0 amide bonds. The quantitative estimate of drug-likeness (QED) is 0.528. The second-order valence-electron chi connectivity index (χ2n) is 4.54. The third kappa shape index (κ3) is 1.58. The maximum absolute atomic E-state index is 9.26. The van der Waals surface area contributed by atoms with Crippen LogP contribution in [-0.4, -0.2) is 7.05 Å². The molecule has 0 aromatic heterocycles. The van der Waals surface area contributed by atoms with Gasteiger partial charge in [0.2, 0.25) is 0 Å². The molecule has 0 saturated heterocycles. The fraction of sp³-hybridized carbons (Fsp3) is 0.0588. The average Bonchev–Trinajstić information content (AvgIpc) is 2.51. The molecule has 3 heteroatoms. The first-order valence-electron chi connectivity index (χ1n) is 6.22. The molecule has 0 N–H and O–H groups in total. The van der Waals surface area contributed by atoms with Crippen molar-refractivity contribution in [2.24, 2.45) is 0 Å². The molecule has 0 fully saturated rings. The van der Waals surface area contributed by atoms with E-state index in [4.69, 9.17) is 6.57 Å². The molecule has 0 aliphatic carbocycles. The summed E-state index contributed by atoms with van der Waals surface area (Å²) in [7, 11) is 2.00. The third-order valence-electron chi connectivity index (χ3n) is 3.52. The van der Waals surface area contributed by atoms with Gasteiger partial charge in [0.25, 0.3) is 5.70 Å².